The molecular formula is C52H37N. The maximum atomic E-state index is 2.42. The van der Waals surface area contributed by atoms with Gasteiger partial charge in [-0.2, -0.15) is 0 Å². The van der Waals surface area contributed by atoms with E-state index >= 15 is 0 Å². The predicted octanol–water partition coefficient (Wildman–Crippen LogP) is 14.1. The van der Waals surface area contributed by atoms with Crippen LogP contribution in [0.25, 0.3) is 54.6 Å². The molecule has 0 N–H and O–H groups in total. The fourth-order valence-electron chi connectivity index (χ4n) is 9.81. The number of hydrogen-bond donors (Lipinski definition) is 0. The van der Waals surface area contributed by atoms with Crippen LogP contribution in [-0.4, -0.2) is 0 Å². The van der Waals surface area contributed by atoms with Gasteiger partial charge in [0, 0.05) is 17.1 Å². The Labute approximate surface area is 310 Å². The summed E-state index contributed by atoms with van der Waals surface area (Å²) >= 11 is 0. The van der Waals surface area contributed by atoms with Gasteiger partial charge in [0.25, 0.3) is 0 Å². The molecule has 9 aromatic carbocycles. The molecule has 0 unspecified atom stereocenters. The Bertz CT molecular complexity index is 2870. The Hall–Kier alpha value is -6.44. The van der Waals surface area contributed by atoms with E-state index in [4.69, 9.17) is 0 Å². The zero-order valence-corrected chi connectivity index (χ0v) is 29.8. The van der Waals surface area contributed by atoms with Crippen molar-refractivity contribution in [1.29, 1.82) is 0 Å². The summed E-state index contributed by atoms with van der Waals surface area (Å²) in [5, 5.41) is 7.80. The van der Waals surface area contributed by atoms with E-state index in [1.807, 2.05) is 0 Å². The summed E-state index contributed by atoms with van der Waals surface area (Å²) in [6.07, 6.45) is 0. The van der Waals surface area contributed by atoms with Crippen LogP contribution in [0.3, 0.4) is 0 Å². The zero-order chi connectivity index (χ0) is 35.3. The summed E-state index contributed by atoms with van der Waals surface area (Å²) in [6.45, 7) is 4.51. The summed E-state index contributed by atoms with van der Waals surface area (Å²) in [7, 11) is 0. The molecule has 1 nitrogen and oxygen atoms in total. The van der Waals surface area contributed by atoms with Crippen LogP contribution in [0.15, 0.2) is 182 Å². The molecule has 1 heteroatoms. The Morgan fingerprint density at radius 3 is 1.62 bits per heavy atom. The molecule has 11 rings (SSSR count). The molecule has 0 atom stereocenters. The maximum Gasteiger partial charge on any atom is 0.0737 e. The predicted molar refractivity (Wildman–Crippen MR) is 224 cm³/mol. The van der Waals surface area contributed by atoms with Crippen molar-refractivity contribution < 1.29 is 0 Å². The molecule has 0 amide bonds. The molecule has 0 aromatic heterocycles. The standard InChI is InChI=1S/C52H37N/c1-33(2)34-24-27-37(28-25-34)53(36-14-4-3-5-15-36)38-29-31-39-35(32-38)26-30-46-49-44-20-8-6-16-40(44)41-17-7-9-21-45(41)51(49)52(50(39)46)47-22-12-10-18-42(47)43-19-11-13-23-48(43)52/h3-33H,1-2H3. The first-order valence-electron chi connectivity index (χ1n) is 18.8. The maximum absolute atomic E-state index is 2.42. The molecule has 53 heavy (non-hydrogen) atoms. The first kappa shape index (κ1) is 30.2. The van der Waals surface area contributed by atoms with Gasteiger partial charge in [-0.15, -0.1) is 0 Å². The lowest BCUT2D eigenvalue weighted by Crippen LogP contribution is -2.26. The third-order valence-electron chi connectivity index (χ3n) is 12.0. The SMILES string of the molecule is CC(C)c1ccc(N(c2ccccc2)c2ccc3c4c(ccc3c2)-c2c(c3ccccc3c3ccccc23)C42c3ccccc3-c3ccccc32)cc1. The highest BCUT2D eigenvalue weighted by atomic mass is 15.1. The van der Waals surface area contributed by atoms with Crippen LogP contribution < -0.4 is 4.90 Å². The van der Waals surface area contributed by atoms with Crippen molar-refractivity contribution >= 4 is 49.4 Å². The average Bonchev–Trinajstić information content (AvgIpc) is 3.70. The molecule has 0 aliphatic heterocycles. The summed E-state index contributed by atoms with van der Waals surface area (Å²) in [5.74, 6) is 0.480. The quantitative estimate of drug-likeness (QED) is 0.168. The molecule has 1 spiro atoms. The molecular weight excluding hydrogens is 639 g/mol. The van der Waals surface area contributed by atoms with Crippen molar-refractivity contribution in [3.8, 4) is 22.3 Å². The second-order valence-electron chi connectivity index (χ2n) is 15.0. The molecule has 0 heterocycles. The van der Waals surface area contributed by atoms with E-state index in [0.717, 1.165) is 17.1 Å². The lowest BCUT2D eigenvalue weighted by atomic mass is 9.68. The molecule has 0 saturated carbocycles. The van der Waals surface area contributed by atoms with Gasteiger partial charge in [0.2, 0.25) is 0 Å². The third-order valence-corrected chi connectivity index (χ3v) is 12.0. The van der Waals surface area contributed by atoms with E-state index in [-0.39, 0.29) is 0 Å². The minimum absolute atomic E-state index is 0.478. The molecule has 9 aromatic rings. The number of benzene rings is 9. The van der Waals surface area contributed by atoms with Crippen molar-refractivity contribution in [3.63, 3.8) is 0 Å². The molecule has 2 aliphatic carbocycles. The van der Waals surface area contributed by atoms with Crippen molar-refractivity contribution in [2.24, 2.45) is 0 Å². The third kappa shape index (κ3) is 4.08. The highest BCUT2D eigenvalue weighted by Gasteiger charge is 2.53. The van der Waals surface area contributed by atoms with Gasteiger partial charge in [-0.1, -0.05) is 159 Å². The lowest BCUT2D eigenvalue weighted by Gasteiger charge is -2.33. The molecule has 0 saturated heterocycles. The van der Waals surface area contributed by atoms with E-state index in [1.54, 1.807) is 0 Å². The van der Waals surface area contributed by atoms with Crippen LogP contribution in [-0.2, 0) is 5.41 Å². The second-order valence-corrected chi connectivity index (χ2v) is 15.0. The van der Waals surface area contributed by atoms with E-state index in [1.165, 1.54) is 82.4 Å². The van der Waals surface area contributed by atoms with Gasteiger partial charge < -0.3 is 4.90 Å². The minimum Gasteiger partial charge on any atom is -0.310 e. The average molecular weight is 676 g/mol. The smallest absolute Gasteiger partial charge is 0.0737 e. The summed E-state index contributed by atoms with van der Waals surface area (Å²) in [5.41, 5.74) is 15.2. The van der Waals surface area contributed by atoms with Gasteiger partial charge in [0.05, 0.1) is 5.41 Å². The number of fused-ring (bicyclic) bond motifs is 17. The number of hydrogen-bond acceptors (Lipinski definition) is 1. The highest BCUT2D eigenvalue weighted by Crippen LogP contribution is 2.66. The topological polar surface area (TPSA) is 3.24 Å². The Balaban J connectivity index is 1.25. The van der Waals surface area contributed by atoms with Crippen molar-refractivity contribution in [1.82, 2.24) is 0 Å². The van der Waals surface area contributed by atoms with Crippen molar-refractivity contribution in [2.45, 2.75) is 25.2 Å². The van der Waals surface area contributed by atoms with Crippen LogP contribution in [0.5, 0.6) is 0 Å². The number of para-hydroxylation sites is 1. The summed E-state index contributed by atoms with van der Waals surface area (Å²) < 4.78 is 0. The molecule has 0 fully saturated rings. The molecule has 0 bridgehead atoms. The van der Waals surface area contributed by atoms with E-state index < -0.39 is 5.41 Å². The van der Waals surface area contributed by atoms with Gasteiger partial charge in [-0.05, 0) is 125 Å². The van der Waals surface area contributed by atoms with Crippen LogP contribution in [0, 0.1) is 0 Å². The van der Waals surface area contributed by atoms with Gasteiger partial charge >= 0.3 is 0 Å². The van der Waals surface area contributed by atoms with Crippen molar-refractivity contribution in [3.05, 3.63) is 210 Å². The molecule has 250 valence electrons. The fourth-order valence-corrected chi connectivity index (χ4v) is 9.81. The van der Waals surface area contributed by atoms with Gasteiger partial charge in [0.1, 0.15) is 0 Å². The minimum atomic E-state index is -0.478. The highest BCUT2D eigenvalue weighted by molar-refractivity contribution is 6.21. The number of nitrogens with zero attached hydrogens (tertiary/aromatic N) is 1. The number of anilines is 3. The van der Waals surface area contributed by atoms with E-state index in [0.29, 0.717) is 5.92 Å². The fraction of sp³-hybridized carbons (Fsp3) is 0.0769. The normalized spacial score (nSPS) is 13.4. The lowest BCUT2D eigenvalue weighted by molar-refractivity contribution is 0.809. The first-order chi connectivity index (χ1) is 26.1. The summed E-state index contributed by atoms with van der Waals surface area (Å²) in [6, 6.07) is 68.2. The Morgan fingerprint density at radius 2 is 0.943 bits per heavy atom. The Kier molecular flexibility index (Phi) is 6.43. The van der Waals surface area contributed by atoms with Crippen LogP contribution in [0.4, 0.5) is 17.1 Å². The van der Waals surface area contributed by atoms with Gasteiger partial charge in [0.15, 0.2) is 0 Å². The van der Waals surface area contributed by atoms with E-state index in [2.05, 4.69) is 201 Å². The first-order valence-corrected chi connectivity index (χ1v) is 18.8. The summed E-state index contributed by atoms with van der Waals surface area (Å²) in [4.78, 5) is 2.39. The largest absolute Gasteiger partial charge is 0.310 e. The van der Waals surface area contributed by atoms with Crippen molar-refractivity contribution in [2.75, 3.05) is 4.90 Å². The molecule has 2 aliphatic rings. The van der Waals surface area contributed by atoms with Gasteiger partial charge in [-0.3, -0.25) is 0 Å². The number of rotatable bonds is 4. The zero-order valence-electron chi connectivity index (χ0n) is 29.8. The van der Waals surface area contributed by atoms with Crippen LogP contribution >= 0.6 is 0 Å². The second kappa shape index (κ2) is 11.3. The Morgan fingerprint density at radius 1 is 0.396 bits per heavy atom. The van der Waals surface area contributed by atoms with E-state index in [9.17, 15) is 0 Å². The van der Waals surface area contributed by atoms with Gasteiger partial charge in [-0.25, -0.2) is 0 Å². The van der Waals surface area contributed by atoms with Crippen LogP contribution in [0.1, 0.15) is 47.6 Å². The molecule has 0 radical (unpaired) electrons. The van der Waals surface area contributed by atoms with Crippen LogP contribution in [0.2, 0.25) is 0 Å². The monoisotopic (exact) mass is 675 g/mol.